The van der Waals surface area contributed by atoms with Crippen molar-refractivity contribution in [2.75, 3.05) is 0 Å². The summed E-state index contributed by atoms with van der Waals surface area (Å²) in [6, 6.07) is 0. The molecule has 0 aliphatic rings. The van der Waals surface area contributed by atoms with Gasteiger partial charge in [-0.05, 0) is 0 Å². The molecule has 0 aliphatic heterocycles. The molecule has 0 heterocycles. The molecular weight excluding hydrogens is 87.6 g/mol. The lowest BCUT2D eigenvalue weighted by Gasteiger charge is -1.50. The Bertz CT molecular complexity index is 20.0. The van der Waals surface area contributed by atoms with Crippen molar-refractivity contribution in [3.8, 4) is 0 Å². The Hall–Kier alpha value is 0.247. The molecule has 0 fully saturated rings. The van der Waals surface area contributed by atoms with E-state index < -0.39 is 0 Å². The minimum atomic E-state index is 0.377. The van der Waals surface area contributed by atoms with Gasteiger partial charge >= 0.3 is 0 Å². The monoisotopic (exact) mass is 90.0 g/mol. The van der Waals surface area contributed by atoms with Gasteiger partial charge in [0.2, 0.25) is 8.83 Å². The maximum absolute atomic E-state index is 5.10. The first-order valence-corrected chi connectivity index (χ1v) is 2.98. The standard InChI is InChI=1S/C2H3ClSi/c1-2-4-3/h2H,1H2. The molecule has 0 aromatic heterocycles. The maximum Gasteiger partial charge on any atom is 0.201 e. The van der Waals surface area contributed by atoms with Crippen LogP contribution in [0.3, 0.4) is 0 Å². The van der Waals surface area contributed by atoms with Crippen LogP contribution in [0.5, 0.6) is 0 Å². The summed E-state index contributed by atoms with van der Waals surface area (Å²) in [5, 5.41) is 0. The maximum atomic E-state index is 5.10. The molecule has 0 rings (SSSR count). The number of hydrogen-bond donors (Lipinski definition) is 0. The average Bonchev–Trinajstić information content (AvgIpc) is 1.37. The summed E-state index contributed by atoms with van der Waals surface area (Å²) in [5.74, 6) is 0. The predicted molar refractivity (Wildman–Crippen MR) is 21.8 cm³/mol. The minimum Gasteiger partial charge on any atom is -0.165 e. The molecule has 0 atom stereocenters. The molecule has 0 nitrogen and oxygen atoms in total. The quantitative estimate of drug-likeness (QED) is 0.333. The number of rotatable bonds is 1. The van der Waals surface area contributed by atoms with Crippen molar-refractivity contribution in [1.29, 1.82) is 0 Å². The van der Waals surface area contributed by atoms with E-state index in [0.29, 0.717) is 8.83 Å². The van der Waals surface area contributed by atoms with E-state index in [1.165, 1.54) is 0 Å². The van der Waals surface area contributed by atoms with Crippen LogP contribution < -0.4 is 0 Å². The molecule has 2 radical (unpaired) electrons. The van der Waals surface area contributed by atoms with Crippen molar-refractivity contribution < 1.29 is 0 Å². The van der Waals surface area contributed by atoms with Gasteiger partial charge in [0.25, 0.3) is 0 Å². The third kappa shape index (κ3) is 2.25. The summed E-state index contributed by atoms with van der Waals surface area (Å²) in [6.45, 7) is 3.36. The summed E-state index contributed by atoms with van der Waals surface area (Å²) < 4.78 is 0. The van der Waals surface area contributed by atoms with Crippen molar-refractivity contribution in [2.45, 2.75) is 0 Å². The van der Waals surface area contributed by atoms with Gasteiger partial charge in [-0.3, -0.25) is 0 Å². The van der Waals surface area contributed by atoms with Crippen LogP contribution in [-0.4, -0.2) is 8.83 Å². The van der Waals surface area contributed by atoms with Gasteiger partial charge in [-0.1, -0.05) is 5.70 Å². The van der Waals surface area contributed by atoms with Gasteiger partial charge in [0.05, 0.1) is 0 Å². The van der Waals surface area contributed by atoms with Crippen LogP contribution in [-0.2, 0) is 0 Å². The van der Waals surface area contributed by atoms with Crippen molar-refractivity contribution in [3.63, 3.8) is 0 Å². The van der Waals surface area contributed by atoms with E-state index in [1.807, 2.05) is 0 Å². The number of hydrogen-bond acceptors (Lipinski definition) is 0. The minimum absolute atomic E-state index is 0.377. The molecule has 0 aliphatic carbocycles. The second-order valence-corrected chi connectivity index (χ2v) is 1.59. The second-order valence-electron chi connectivity index (χ2n) is 0.313. The Morgan fingerprint density at radius 1 is 2.00 bits per heavy atom. The first-order valence-electron chi connectivity index (χ1n) is 0.886. The summed E-state index contributed by atoms with van der Waals surface area (Å²) in [4.78, 5) is 0. The van der Waals surface area contributed by atoms with E-state index in [2.05, 4.69) is 6.58 Å². The highest BCUT2D eigenvalue weighted by Gasteiger charge is 1.54. The van der Waals surface area contributed by atoms with Gasteiger partial charge < -0.3 is 0 Å². The Balaban J connectivity index is 2.30. The molecule has 4 heavy (non-hydrogen) atoms. The van der Waals surface area contributed by atoms with Gasteiger partial charge in [0.1, 0.15) is 0 Å². The van der Waals surface area contributed by atoms with Gasteiger partial charge in [-0.15, -0.1) is 6.58 Å². The molecule has 0 saturated heterocycles. The van der Waals surface area contributed by atoms with Crippen LogP contribution in [0.1, 0.15) is 0 Å². The van der Waals surface area contributed by atoms with Crippen LogP contribution in [0.15, 0.2) is 12.3 Å². The first kappa shape index (κ1) is 4.25. The molecule has 0 N–H and O–H groups in total. The Morgan fingerprint density at radius 2 is 2.25 bits per heavy atom. The van der Waals surface area contributed by atoms with Crippen LogP contribution in [0.25, 0.3) is 0 Å². The number of halogens is 1. The zero-order chi connectivity index (χ0) is 3.41. The lowest BCUT2D eigenvalue weighted by Crippen LogP contribution is -1.54. The summed E-state index contributed by atoms with van der Waals surface area (Å²) >= 11 is 5.10. The summed E-state index contributed by atoms with van der Waals surface area (Å²) in [5.41, 5.74) is 1.67. The van der Waals surface area contributed by atoms with Crippen molar-refractivity contribution in [2.24, 2.45) is 0 Å². The van der Waals surface area contributed by atoms with E-state index in [-0.39, 0.29) is 0 Å². The highest BCUT2D eigenvalue weighted by atomic mass is 35.6. The topological polar surface area (TPSA) is 0 Å². The first-order chi connectivity index (χ1) is 1.91. The molecular formula is C2H3ClSi. The van der Waals surface area contributed by atoms with Crippen LogP contribution in [0.2, 0.25) is 0 Å². The second kappa shape index (κ2) is 3.25. The molecule has 0 saturated carbocycles. The Morgan fingerprint density at radius 3 is 2.25 bits per heavy atom. The van der Waals surface area contributed by atoms with Crippen molar-refractivity contribution in [3.05, 3.63) is 12.3 Å². The van der Waals surface area contributed by atoms with Crippen LogP contribution in [0.4, 0.5) is 0 Å². The van der Waals surface area contributed by atoms with Gasteiger partial charge in [0.15, 0.2) is 0 Å². The average molecular weight is 90.6 g/mol. The zero-order valence-electron chi connectivity index (χ0n) is 2.16. The van der Waals surface area contributed by atoms with E-state index >= 15 is 0 Å². The molecule has 0 aromatic rings. The third-order valence-corrected chi connectivity index (χ3v) is 0.694. The molecule has 0 aromatic carbocycles. The van der Waals surface area contributed by atoms with Crippen molar-refractivity contribution >= 4 is 19.9 Å². The van der Waals surface area contributed by atoms with Gasteiger partial charge in [-0.25, -0.2) is 0 Å². The normalized spacial score (nSPS) is 6.25. The SMILES string of the molecule is C=C[Si]Cl. The lowest BCUT2D eigenvalue weighted by atomic mass is 11.3. The fourth-order valence-electron chi connectivity index (χ4n) is 0. The van der Waals surface area contributed by atoms with E-state index in [0.717, 1.165) is 0 Å². The lowest BCUT2D eigenvalue weighted by molar-refractivity contribution is 2.61. The fraction of sp³-hybridized carbons (Fsp3) is 0. The van der Waals surface area contributed by atoms with E-state index in [4.69, 9.17) is 11.1 Å². The summed E-state index contributed by atoms with van der Waals surface area (Å²) in [7, 11) is 0.377. The predicted octanol–water partition coefficient (Wildman–Crippen LogP) is 0.988. The van der Waals surface area contributed by atoms with Crippen LogP contribution in [0, 0.1) is 0 Å². The van der Waals surface area contributed by atoms with Crippen molar-refractivity contribution in [1.82, 2.24) is 0 Å². The molecule has 0 spiro atoms. The molecule has 0 amide bonds. The fourth-order valence-corrected chi connectivity index (χ4v) is 0. The smallest absolute Gasteiger partial charge is 0.165 e. The third-order valence-electron chi connectivity index (χ3n) is 0.0772. The summed E-state index contributed by atoms with van der Waals surface area (Å²) in [6.07, 6.45) is 0. The largest absolute Gasteiger partial charge is 0.201 e. The van der Waals surface area contributed by atoms with Gasteiger partial charge in [0, 0.05) is 0 Å². The van der Waals surface area contributed by atoms with Crippen LogP contribution >= 0.6 is 11.1 Å². The molecule has 0 unspecified atom stereocenters. The Kier molecular flexibility index (Phi) is 3.45. The van der Waals surface area contributed by atoms with Gasteiger partial charge in [-0.2, -0.15) is 11.1 Å². The highest BCUT2D eigenvalue weighted by molar-refractivity contribution is 6.96. The zero-order valence-corrected chi connectivity index (χ0v) is 3.92. The van der Waals surface area contributed by atoms with E-state index in [9.17, 15) is 0 Å². The Labute approximate surface area is 33.0 Å². The highest BCUT2D eigenvalue weighted by Crippen LogP contribution is 1.61. The molecule has 22 valence electrons. The molecule has 0 bridgehead atoms. The van der Waals surface area contributed by atoms with E-state index in [1.54, 1.807) is 5.70 Å². The molecule has 2 heteroatoms.